The lowest BCUT2D eigenvalue weighted by Crippen LogP contribution is -2.52. The van der Waals surface area contributed by atoms with Crippen LogP contribution >= 0.6 is 11.8 Å². The monoisotopic (exact) mass is 389 g/mol. The standard InChI is InChI=1S/C21H31N3O2S/c1-23(14-20(25)22-17-10-4-6-12-19(17)27-2)15-21(26)24-13-7-9-16-8-3-5-11-18(16)24/h4,6,10,12,16,18H,3,5,7-9,11,13-15H2,1-2H3,(H,22,25)/t16-,18-/m0/s1. The predicted molar refractivity (Wildman–Crippen MR) is 111 cm³/mol. The molecule has 1 aromatic rings. The Morgan fingerprint density at radius 3 is 2.70 bits per heavy atom. The number of anilines is 1. The summed E-state index contributed by atoms with van der Waals surface area (Å²) in [5.74, 6) is 0.778. The highest BCUT2D eigenvalue weighted by molar-refractivity contribution is 7.98. The maximum Gasteiger partial charge on any atom is 0.238 e. The molecule has 2 atom stereocenters. The van der Waals surface area contributed by atoms with Crippen LogP contribution in [-0.4, -0.2) is 60.6 Å². The Kier molecular flexibility index (Phi) is 7.19. The number of likely N-dealkylation sites (N-methyl/N-ethyl adjacent to an activating group) is 1. The molecule has 1 saturated heterocycles. The molecule has 0 unspecified atom stereocenters. The van der Waals surface area contributed by atoms with E-state index in [1.165, 1.54) is 25.7 Å². The van der Waals surface area contributed by atoms with Gasteiger partial charge in [0.15, 0.2) is 0 Å². The average Bonchev–Trinajstić information content (AvgIpc) is 2.67. The molecule has 1 aliphatic heterocycles. The minimum absolute atomic E-state index is 0.0824. The zero-order valence-corrected chi connectivity index (χ0v) is 17.3. The Bertz CT molecular complexity index is 665. The van der Waals surface area contributed by atoms with Crippen molar-refractivity contribution in [3.63, 3.8) is 0 Å². The maximum atomic E-state index is 12.9. The van der Waals surface area contributed by atoms with Crippen molar-refractivity contribution >= 4 is 29.3 Å². The summed E-state index contributed by atoms with van der Waals surface area (Å²) in [4.78, 5) is 30.2. The number of para-hydroxylation sites is 1. The van der Waals surface area contributed by atoms with E-state index in [1.54, 1.807) is 11.8 Å². The van der Waals surface area contributed by atoms with Crippen LogP contribution in [0.2, 0.25) is 0 Å². The van der Waals surface area contributed by atoms with Crippen molar-refractivity contribution in [2.75, 3.05) is 38.3 Å². The van der Waals surface area contributed by atoms with Crippen molar-refractivity contribution in [1.82, 2.24) is 9.80 Å². The van der Waals surface area contributed by atoms with Gasteiger partial charge in [0.25, 0.3) is 0 Å². The summed E-state index contributed by atoms with van der Waals surface area (Å²) >= 11 is 1.61. The van der Waals surface area contributed by atoms with E-state index in [-0.39, 0.29) is 18.4 Å². The van der Waals surface area contributed by atoms with Gasteiger partial charge < -0.3 is 10.2 Å². The number of thioether (sulfide) groups is 1. The third-order valence-corrected chi connectivity index (χ3v) is 6.56. The maximum absolute atomic E-state index is 12.9. The molecule has 0 aromatic heterocycles. The first-order valence-electron chi connectivity index (χ1n) is 9.99. The molecule has 2 aliphatic rings. The van der Waals surface area contributed by atoms with E-state index in [4.69, 9.17) is 0 Å². The Balaban J connectivity index is 1.51. The summed E-state index contributed by atoms with van der Waals surface area (Å²) in [7, 11) is 1.85. The van der Waals surface area contributed by atoms with Crippen molar-refractivity contribution in [3.05, 3.63) is 24.3 Å². The molecule has 2 fully saturated rings. The molecule has 27 heavy (non-hydrogen) atoms. The number of hydrogen-bond acceptors (Lipinski definition) is 4. The number of likely N-dealkylation sites (tertiary alicyclic amines) is 1. The summed E-state index contributed by atoms with van der Waals surface area (Å²) in [6.07, 6.45) is 9.32. The normalized spacial score (nSPS) is 22.4. The van der Waals surface area contributed by atoms with Gasteiger partial charge in [0.1, 0.15) is 0 Å². The number of piperidine rings is 1. The number of amides is 2. The molecular formula is C21H31N3O2S. The number of carbonyl (C=O) groups is 2. The van der Waals surface area contributed by atoms with Gasteiger partial charge >= 0.3 is 0 Å². The van der Waals surface area contributed by atoms with E-state index < -0.39 is 0 Å². The minimum Gasteiger partial charge on any atom is -0.338 e. The Morgan fingerprint density at radius 2 is 1.89 bits per heavy atom. The average molecular weight is 390 g/mol. The van der Waals surface area contributed by atoms with E-state index in [0.29, 0.717) is 18.5 Å². The van der Waals surface area contributed by atoms with Crippen LogP contribution in [0.25, 0.3) is 0 Å². The zero-order valence-electron chi connectivity index (χ0n) is 16.4. The summed E-state index contributed by atoms with van der Waals surface area (Å²) in [5.41, 5.74) is 0.829. The van der Waals surface area contributed by atoms with Gasteiger partial charge in [-0.15, -0.1) is 11.8 Å². The molecule has 148 valence electrons. The molecule has 2 amide bonds. The molecule has 0 spiro atoms. The number of hydrogen-bond donors (Lipinski definition) is 1. The van der Waals surface area contributed by atoms with Gasteiger partial charge in [-0.2, -0.15) is 0 Å². The van der Waals surface area contributed by atoms with Crippen LogP contribution in [0, 0.1) is 5.92 Å². The zero-order chi connectivity index (χ0) is 19.2. The van der Waals surface area contributed by atoms with Crippen LogP contribution in [-0.2, 0) is 9.59 Å². The Labute approximate surface area is 166 Å². The fourth-order valence-electron chi connectivity index (χ4n) is 4.49. The molecule has 1 aliphatic carbocycles. The van der Waals surface area contributed by atoms with E-state index in [1.807, 2.05) is 42.5 Å². The summed E-state index contributed by atoms with van der Waals surface area (Å²) in [5, 5.41) is 2.96. The van der Waals surface area contributed by atoms with E-state index >= 15 is 0 Å². The lowest BCUT2D eigenvalue weighted by molar-refractivity contribution is -0.138. The summed E-state index contributed by atoms with van der Waals surface area (Å²) in [6.45, 7) is 1.40. The van der Waals surface area contributed by atoms with Crippen LogP contribution in [0.1, 0.15) is 38.5 Å². The molecule has 6 heteroatoms. The van der Waals surface area contributed by atoms with Crippen molar-refractivity contribution in [3.8, 4) is 0 Å². The highest BCUT2D eigenvalue weighted by Crippen LogP contribution is 2.35. The molecule has 1 saturated carbocycles. The lowest BCUT2D eigenvalue weighted by Gasteiger charge is -2.44. The van der Waals surface area contributed by atoms with Gasteiger partial charge in [-0.25, -0.2) is 0 Å². The van der Waals surface area contributed by atoms with Gasteiger partial charge in [-0.1, -0.05) is 25.0 Å². The number of nitrogens with zero attached hydrogens (tertiary/aromatic N) is 2. The number of benzene rings is 1. The topological polar surface area (TPSA) is 52.7 Å². The van der Waals surface area contributed by atoms with Gasteiger partial charge in [-0.3, -0.25) is 14.5 Å². The molecular weight excluding hydrogens is 358 g/mol. The van der Waals surface area contributed by atoms with Crippen molar-refractivity contribution < 1.29 is 9.59 Å². The molecule has 5 nitrogen and oxygen atoms in total. The number of fused-ring (bicyclic) bond motifs is 1. The molecule has 0 radical (unpaired) electrons. The lowest BCUT2D eigenvalue weighted by atomic mass is 9.78. The first-order valence-corrected chi connectivity index (χ1v) is 11.2. The highest BCUT2D eigenvalue weighted by Gasteiger charge is 2.35. The molecule has 1 heterocycles. The van der Waals surface area contributed by atoms with Crippen LogP contribution in [0.15, 0.2) is 29.2 Å². The predicted octanol–water partition coefficient (Wildman–Crippen LogP) is 3.46. The third-order valence-electron chi connectivity index (χ3n) is 5.76. The molecule has 0 bridgehead atoms. The fourth-order valence-corrected chi connectivity index (χ4v) is 5.05. The number of rotatable bonds is 6. The number of carbonyl (C=O) groups excluding carboxylic acids is 2. The van der Waals surface area contributed by atoms with Crippen LogP contribution in [0.5, 0.6) is 0 Å². The van der Waals surface area contributed by atoms with Crippen molar-refractivity contribution in [2.24, 2.45) is 5.92 Å². The first-order chi connectivity index (χ1) is 13.1. The molecule has 3 rings (SSSR count). The van der Waals surface area contributed by atoms with Gasteiger partial charge in [0, 0.05) is 17.5 Å². The van der Waals surface area contributed by atoms with E-state index in [2.05, 4.69) is 10.2 Å². The fraction of sp³-hybridized carbons (Fsp3) is 0.619. The van der Waals surface area contributed by atoms with E-state index in [0.717, 1.165) is 30.0 Å². The second-order valence-electron chi connectivity index (χ2n) is 7.76. The van der Waals surface area contributed by atoms with Crippen LogP contribution < -0.4 is 5.32 Å². The Hall–Kier alpha value is -1.53. The second-order valence-corrected chi connectivity index (χ2v) is 8.61. The molecule has 1 aromatic carbocycles. The SMILES string of the molecule is CSc1ccccc1NC(=O)CN(C)CC(=O)N1CCC[C@@H]2CCCC[C@@H]21. The van der Waals surface area contributed by atoms with Crippen molar-refractivity contribution in [2.45, 2.75) is 49.5 Å². The quantitative estimate of drug-likeness (QED) is 0.757. The van der Waals surface area contributed by atoms with Crippen molar-refractivity contribution in [1.29, 1.82) is 0 Å². The first kappa shape index (κ1) is 20.2. The van der Waals surface area contributed by atoms with Crippen LogP contribution in [0.3, 0.4) is 0 Å². The van der Waals surface area contributed by atoms with Gasteiger partial charge in [-0.05, 0) is 57.0 Å². The third kappa shape index (κ3) is 5.26. The summed E-state index contributed by atoms with van der Waals surface area (Å²) < 4.78 is 0. The minimum atomic E-state index is -0.0824. The smallest absolute Gasteiger partial charge is 0.238 e. The Morgan fingerprint density at radius 1 is 1.15 bits per heavy atom. The summed E-state index contributed by atoms with van der Waals surface area (Å²) in [6, 6.07) is 8.20. The molecule has 1 N–H and O–H groups in total. The van der Waals surface area contributed by atoms with Gasteiger partial charge in [0.05, 0.1) is 18.8 Å². The highest BCUT2D eigenvalue weighted by atomic mass is 32.2. The van der Waals surface area contributed by atoms with Gasteiger partial charge in [0.2, 0.25) is 11.8 Å². The van der Waals surface area contributed by atoms with Crippen LogP contribution in [0.4, 0.5) is 5.69 Å². The largest absolute Gasteiger partial charge is 0.338 e. The number of nitrogens with one attached hydrogen (secondary N) is 1. The van der Waals surface area contributed by atoms with E-state index in [9.17, 15) is 9.59 Å². The second kappa shape index (κ2) is 9.60.